The van der Waals surface area contributed by atoms with E-state index in [1.165, 1.54) is 32.1 Å². The first-order chi connectivity index (χ1) is 3.91. The van der Waals surface area contributed by atoms with Crippen LogP contribution in [0, 0.1) is 6.42 Å². The fourth-order valence-corrected chi connectivity index (χ4v) is 0.775. The van der Waals surface area contributed by atoms with E-state index in [9.17, 15) is 0 Å². The quantitative estimate of drug-likeness (QED) is 0.330. The molecule has 9 heavy (non-hydrogen) atoms. The molecule has 0 bridgehead atoms. The number of rotatable bonds is 5. The molecular weight excluding hydrogens is 144 g/mol. The van der Waals surface area contributed by atoms with Crippen molar-refractivity contribution in [3.63, 3.8) is 0 Å². The van der Waals surface area contributed by atoms with Crippen LogP contribution in [-0.2, 0) is 21.7 Å². The molecule has 0 unspecified atom stereocenters. The molecule has 0 amide bonds. The molecule has 0 aliphatic carbocycles. The number of hydrogen-bond donors (Lipinski definition) is 0. The van der Waals surface area contributed by atoms with Crippen LogP contribution in [0.4, 0.5) is 0 Å². The SMILES string of the molecule is C[CH-]CCCCCC.[Ti]. The molecule has 0 nitrogen and oxygen atoms in total. The second-order valence-electron chi connectivity index (χ2n) is 2.26. The molecule has 54 valence electrons. The van der Waals surface area contributed by atoms with Gasteiger partial charge in [0.2, 0.25) is 0 Å². The van der Waals surface area contributed by atoms with E-state index in [0.29, 0.717) is 0 Å². The zero-order chi connectivity index (χ0) is 6.24. The summed E-state index contributed by atoms with van der Waals surface area (Å²) in [5.41, 5.74) is 0. The minimum Gasteiger partial charge on any atom is -0.332 e. The molecule has 0 saturated carbocycles. The molecule has 0 N–H and O–H groups in total. The predicted octanol–water partition coefficient (Wildman–Crippen LogP) is 3.18. The standard InChI is InChI=1S/C8H17.Ti/c1-3-5-7-8-6-4-2;/h3H,4-8H2,1-2H3;/q-1;. The summed E-state index contributed by atoms with van der Waals surface area (Å²) >= 11 is 0. The molecule has 0 saturated heterocycles. The number of unbranched alkanes of at least 4 members (excludes halogenated alkanes) is 5. The van der Waals surface area contributed by atoms with Crippen LogP contribution in [0.5, 0.6) is 0 Å². The Labute approximate surface area is 74.3 Å². The van der Waals surface area contributed by atoms with E-state index in [0.717, 1.165) is 0 Å². The van der Waals surface area contributed by atoms with Crippen molar-refractivity contribution in [2.75, 3.05) is 0 Å². The average Bonchev–Trinajstić information content (AvgIpc) is 1.81. The molecule has 1 heteroatoms. The summed E-state index contributed by atoms with van der Waals surface area (Å²) < 4.78 is 0. The summed E-state index contributed by atoms with van der Waals surface area (Å²) in [4.78, 5) is 0. The molecule has 0 spiro atoms. The minimum absolute atomic E-state index is 0. The Bertz CT molecular complexity index is 29.5. The molecular formula is C8H17Ti-. The van der Waals surface area contributed by atoms with Crippen LogP contribution >= 0.6 is 0 Å². The molecule has 0 heterocycles. The Kier molecular flexibility index (Phi) is 15.8. The van der Waals surface area contributed by atoms with Gasteiger partial charge in [-0.2, -0.15) is 13.3 Å². The molecule has 0 aromatic heterocycles. The van der Waals surface area contributed by atoms with Crippen LogP contribution in [0.15, 0.2) is 0 Å². The summed E-state index contributed by atoms with van der Waals surface area (Å²) in [6.07, 6.45) is 9.12. The summed E-state index contributed by atoms with van der Waals surface area (Å²) in [6, 6.07) is 0. The van der Waals surface area contributed by atoms with Crippen molar-refractivity contribution in [3.05, 3.63) is 6.42 Å². The van der Waals surface area contributed by atoms with Gasteiger partial charge >= 0.3 is 0 Å². The van der Waals surface area contributed by atoms with Crippen molar-refractivity contribution < 1.29 is 21.7 Å². The van der Waals surface area contributed by atoms with E-state index in [2.05, 4.69) is 20.3 Å². The van der Waals surface area contributed by atoms with Gasteiger partial charge in [0.1, 0.15) is 0 Å². The van der Waals surface area contributed by atoms with Crippen molar-refractivity contribution in [3.8, 4) is 0 Å². The van der Waals surface area contributed by atoms with Crippen LogP contribution in [0.25, 0.3) is 0 Å². The van der Waals surface area contributed by atoms with Crippen molar-refractivity contribution in [1.29, 1.82) is 0 Å². The van der Waals surface area contributed by atoms with Gasteiger partial charge in [0.15, 0.2) is 0 Å². The molecule has 0 rings (SSSR count). The Morgan fingerprint density at radius 3 is 2.22 bits per heavy atom. The van der Waals surface area contributed by atoms with Gasteiger partial charge < -0.3 is 6.42 Å². The molecule has 0 radical (unpaired) electrons. The fourth-order valence-electron chi connectivity index (χ4n) is 0.775. The maximum absolute atomic E-state index is 2.25. The summed E-state index contributed by atoms with van der Waals surface area (Å²) in [7, 11) is 0. The number of hydrogen-bond acceptors (Lipinski definition) is 0. The van der Waals surface area contributed by atoms with Crippen LogP contribution in [0.2, 0.25) is 0 Å². The molecule has 0 atom stereocenters. The van der Waals surface area contributed by atoms with Crippen molar-refractivity contribution in [1.82, 2.24) is 0 Å². The van der Waals surface area contributed by atoms with Gasteiger partial charge in [-0.3, -0.25) is 0 Å². The molecule has 0 aliphatic rings. The largest absolute Gasteiger partial charge is 0.332 e. The zero-order valence-corrected chi connectivity index (χ0v) is 8.17. The van der Waals surface area contributed by atoms with Crippen LogP contribution in [0.3, 0.4) is 0 Å². The molecule has 0 aromatic rings. The average molecular weight is 161 g/mol. The monoisotopic (exact) mass is 161 g/mol. The van der Waals surface area contributed by atoms with Gasteiger partial charge in [-0.15, -0.1) is 0 Å². The van der Waals surface area contributed by atoms with Crippen molar-refractivity contribution in [2.24, 2.45) is 0 Å². The van der Waals surface area contributed by atoms with Gasteiger partial charge in [0.05, 0.1) is 0 Å². The minimum atomic E-state index is 0. The summed E-state index contributed by atoms with van der Waals surface area (Å²) in [6.45, 7) is 4.38. The van der Waals surface area contributed by atoms with E-state index in [1.54, 1.807) is 0 Å². The van der Waals surface area contributed by atoms with E-state index >= 15 is 0 Å². The Hall–Kier alpha value is 0.714. The van der Waals surface area contributed by atoms with Gasteiger partial charge in [-0.05, 0) is 0 Å². The zero-order valence-electron chi connectivity index (χ0n) is 6.61. The smallest absolute Gasteiger partial charge is 0 e. The second-order valence-corrected chi connectivity index (χ2v) is 2.26. The predicted molar refractivity (Wildman–Crippen MR) is 38.7 cm³/mol. The van der Waals surface area contributed by atoms with E-state index in [1.807, 2.05) is 0 Å². The summed E-state index contributed by atoms with van der Waals surface area (Å²) in [5, 5.41) is 0. The van der Waals surface area contributed by atoms with E-state index < -0.39 is 0 Å². The normalized spacial score (nSPS) is 8.67. The van der Waals surface area contributed by atoms with Gasteiger partial charge in [0.25, 0.3) is 0 Å². The van der Waals surface area contributed by atoms with Gasteiger partial charge in [-0.25, -0.2) is 0 Å². The Morgan fingerprint density at radius 2 is 1.78 bits per heavy atom. The maximum atomic E-state index is 2.25. The van der Waals surface area contributed by atoms with E-state index in [-0.39, 0.29) is 21.7 Å². The van der Waals surface area contributed by atoms with Crippen LogP contribution < -0.4 is 0 Å². The van der Waals surface area contributed by atoms with Crippen LogP contribution in [-0.4, -0.2) is 0 Å². The topological polar surface area (TPSA) is 0 Å². The first-order valence-electron chi connectivity index (χ1n) is 3.69. The second kappa shape index (κ2) is 11.5. The van der Waals surface area contributed by atoms with E-state index in [4.69, 9.17) is 0 Å². The van der Waals surface area contributed by atoms with Gasteiger partial charge in [0, 0.05) is 21.7 Å². The molecule has 0 aliphatic heterocycles. The molecule has 0 aromatic carbocycles. The van der Waals surface area contributed by atoms with Gasteiger partial charge in [-0.1, -0.05) is 32.6 Å². The van der Waals surface area contributed by atoms with Crippen LogP contribution in [0.1, 0.15) is 46.0 Å². The Balaban J connectivity index is 0. The first-order valence-corrected chi connectivity index (χ1v) is 3.69. The third-order valence-electron chi connectivity index (χ3n) is 1.35. The van der Waals surface area contributed by atoms with Crippen molar-refractivity contribution >= 4 is 0 Å². The maximum Gasteiger partial charge on any atom is 0 e. The third kappa shape index (κ3) is 12.0. The third-order valence-corrected chi connectivity index (χ3v) is 1.35. The summed E-state index contributed by atoms with van der Waals surface area (Å²) in [5.74, 6) is 0. The Morgan fingerprint density at radius 1 is 1.11 bits per heavy atom. The first kappa shape index (κ1) is 12.4. The fraction of sp³-hybridized carbons (Fsp3) is 0.875. The van der Waals surface area contributed by atoms with Crippen molar-refractivity contribution in [2.45, 2.75) is 46.0 Å². The molecule has 0 fully saturated rings.